The summed E-state index contributed by atoms with van der Waals surface area (Å²) in [4.78, 5) is 3.96. The van der Waals surface area contributed by atoms with Crippen molar-refractivity contribution in [3.05, 3.63) is 59.4 Å². The molecule has 1 aromatic carbocycles. The zero-order chi connectivity index (χ0) is 13.0. The van der Waals surface area contributed by atoms with Crippen LogP contribution in [0.1, 0.15) is 12.5 Å². The summed E-state index contributed by atoms with van der Waals surface area (Å²) in [7, 11) is 0. The van der Waals surface area contributed by atoms with Crippen LogP contribution in [-0.2, 0) is 5.54 Å². The second kappa shape index (κ2) is 5.07. The fourth-order valence-corrected chi connectivity index (χ4v) is 1.80. The Balaban J connectivity index is 2.30. The lowest BCUT2D eigenvalue weighted by Gasteiger charge is -2.24. The van der Waals surface area contributed by atoms with Crippen LogP contribution in [0.4, 0.5) is 5.69 Å². The minimum Gasteiger partial charge on any atom is -0.364 e. The molecule has 0 bridgehead atoms. The Morgan fingerprint density at radius 3 is 2.33 bits per heavy atom. The van der Waals surface area contributed by atoms with E-state index in [1.165, 1.54) is 0 Å². The normalized spacial score (nSPS) is 13.4. The van der Waals surface area contributed by atoms with Gasteiger partial charge in [0.2, 0.25) is 0 Å². The summed E-state index contributed by atoms with van der Waals surface area (Å²) in [6.07, 6.45) is 3.35. The smallest absolute Gasteiger partial charge is 0.148 e. The first-order valence-electron chi connectivity index (χ1n) is 5.49. The van der Waals surface area contributed by atoms with Gasteiger partial charge < -0.3 is 5.32 Å². The number of aromatic nitrogens is 1. The molecule has 4 heteroatoms. The Morgan fingerprint density at radius 1 is 1.17 bits per heavy atom. The molecule has 2 rings (SSSR count). The van der Waals surface area contributed by atoms with Crippen LogP contribution in [-0.4, -0.2) is 4.98 Å². The van der Waals surface area contributed by atoms with Crippen LogP contribution >= 0.6 is 11.6 Å². The minimum atomic E-state index is -0.795. The van der Waals surface area contributed by atoms with Gasteiger partial charge in [0.1, 0.15) is 5.54 Å². The van der Waals surface area contributed by atoms with E-state index in [4.69, 9.17) is 11.6 Å². The molecule has 0 aliphatic carbocycles. The minimum absolute atomic E-state index is 0.670. The predicted octanol–water partition coefficient (Wildman–Crippen LogP) is 3.59. The Hall–Kier alpha value is -2.05. The number of halogens is 1. The van der Waals surface area contributed by atoms with Crippen LogP contribution in [0.5, 0.6) is 0 Å². The second-order valence-corrected chi connectivity index (χ2v) is 4.54. The molecule has 0 radical (unpaired) electrons. The van der Waals surface area contributed by atoms with E-state index in [1.807, 2.05) is 31.2 Å². The zero-order valence-corrected chi connectivity index (χ0v) is 10.6. The van der Waals surface area contributed by atoms with Crippen molar-refractivity contribution in [2.75, 3.05) is 5.32 Å². The van der Waals surface area contributed by atoms with E-state index < -0.39 is 5.54 Å². The first-order valence-corrected chi connectivity index (χ1v) is 5.87. The first-order chi connectivity index (χ1) is 8.64. The number of benzene rings is 1. The van der Waals surface area contributed by atoms with Gasteiger partial charge in [0, 0.05) is 23.1 Å². The summed E-state index contributed by atoms with van der Waals surface area (Å²) in [5.74, 6) is 0. The summed E-state index contributed by atoms with van der Waals surface area (Å²) in [6.45, 7) is 1.83. The molecule has 0 amide bonds. The Morgan fingerprint density at radius 2 is 1.78 bits per heavy atom. The number of hydrogen-bond acceptors (Lipinski definition) is 3. The molecule has 0 fully saturated rings. The molecule has 0 aliphatic heterocycles. The Bertz CT molecular complexity index is 560. The van der Waals surface area contributed by atoms with Crippen molar-refractivity contribution >= 4 is 17.3 Å². The highest BCUT2D eigenvalue weighted by Gasteiger charge is 2.25. The molecule has 0 saturated carbocycles. The first kappa shape index (κ1) is 12.4. The molecule has 2 aromatic rings. The summed E-state index contributed by atoms with van der Waals surface area (Å²) in [5, 5.41) is 13.3. The number of anilines is 1. The van der Waals surface area contributed by atoms with E-state index >= 15 is 0 Å². The van der Waals surface area contributed by atoms with Crippen molar-refractivity contribution in [3.63, 3.8) is 0 Å². The standard InChI is InChI=1S/C14H12ClN3/c1-14(10-16,11-6-8-17-9-7-11)18-13-4-2-12(15)3-5-13/h2-9,18H,1H3/t14-/m0/s1. The summed E-state index contributed by atoms with van der Waals surface area (Å²) >= 11 is 5.83. The monoisotopic (exact) mass is 257 g/mol. The van der Waals surface area contributed by atoms with Crippen molar-refractivity contribution in [1.29, 1.82) is 5.26 Å². The molecular formula is C14H12ClN3. The molecule has 0 saturated heterocycles. The molecular weight excluding hydrogens is 246 g/mol. The summed E-state index contributed by atoms with van der Waals surface area (Å²) < 4.78 is 0. The van der Waals surface area contributed by atoms with Gasteiger partial charge in [0.15, 0.2) is 0 Å². The van der Waals surface area contributed by atoms with Crippen molar-refractivity contribution in [3.8, 4) is 6.07 Å². The average molecular weight is 258 g/mol. The van der Waals surface area contributed by atoms with Crippen LogP contribution in [0.3, 0.4) is 0 Å². The van der Waals surface area contributed by atoms with Gasteiger partial charge in [-0.05, 0) is 48.9 Å². The van der Waals surface area contributed by atoms with Crippen molar-refractivity contribution in [1.82, 2.24) is 4.98 Å². The molecule has 1 N–H and O–H groups in total. The van der Waals surface area contributed by atoms with Crippen LogP contribution in [0, 0.1) is 11.3 Å². The Kier molecular flexibility index (Phi) is 3.50. The number of nitriles is 1. The highest BCUT2D eigenvalue weighted by atomic mass is 35.5. The highest BCUT2D eigenvalue weighted by molar-refractivity contribution is 6.30. The third-order valence-corrected chi connectivity index (χ3v) is 2.97. The van der Waals surface area contributed by atoms with Gasteiger partial charge in [0.05, 0.1) is 6.07 Å². The molecule has 0 aliphatic rings. The predicted molar refractivity (Wildman–Crippen MR) is 72.3 cm³/mol. The Labute approximate surface area is 111 Å². The lowest BCUT2D eigenvalue weighted by atomic mass is 9.94. The van der Waals surface area contributed by atoms with Crippen LogP contribution in [0.2, 0.25) is 5.02 Å². The van der Waals surface area contributed by atoms with E-state index in [0.29, 0.717) is 5.02 Å². The molecule has 1 aromatic heterocycles. The van der Waals surface area contributed by atoms with Crippen LogP contribution in [0.25, 0.3) is 0 Å². The van der Waals surface area contributed by atoms with Gasteiger partial charge in [-0.15, -0.1) is 0 Å². The second-order valence-electron chi connectivity index (χ2n) is 4.10. The fraction of sp³-hybridized carbons (Fsp3) is 0.143. The molecule has 0 spiro atoms. The molecule has 3 nitrogen and oxygen atoms in total. The summed E-state index contributed by atoms with van der Waals surface area (Å²) in [6, 6.07) is 13.2. The van der Waals surface area contributed by atoms with Crippen LogP contribution < -0.4 is 5.32 Å². The van der Waals surface area contributed by atoms with Gasteiger partial charge >= 0.3 is 0 Å². The number of pyridine rings is 1. The van der Waals surface area contributed by atoms with Crippen molar-refractivity contribution in [2.45, 2.75) is 12.5 Å². The quantitative estimate of drug-likeness (QED) is 0.914. The third-order valence-electron chi connectivity index (χ3n) is 2.72. The largest absolute Gasteiger partial charge is 0.364 e. The SMILES string of the molecule is C[C@@](C#N)(Nc1ccc(Cl)cc1)c1ccncc1. The topological polar surface area (TPSA) is 48.7 Å². The van der Waals surface area contributed by atoms with E-state index in [9.17, 15) is 5.26 Å². The lowest BCUT2D eigenvalue weighted by molar-refractivity contribution is 0.705. The van der Waals surface area contributed by atoms with E-state index in [2.05, 4.69) is 16.4 Å². The van der Waals surface area contributed by atoms with Crippen molar-refractivity contribution < 1.29 is 0 Å². The lowest BCUT2D eigenvalue weighted by Crippen LogP contribution is -2.29. The summed E-state index contributed by atoms with van der Waals surface area (Å²) in [5.41, 5.74) is 0.923. The number of hydrogen-bond donors (Lipinski definition) is 1. The maximum atomic E-state index is 9.40. The zero-order valence-electron chi connectivity index (χ0n) is 9.89. The molecule has 0 unspecified atom stereocenters. The van der Waals surface area contributed by atoms with Gasteiger partial charge in [-0.2, -0.15) is 5.26 Å². The van der Waals surface area contributed by atoms with E-state index in [0.717, 1.165) is 11.3 Å². The van der Waals surface area contributed by atoms with Crippen molar-refractivity contribution in [2.24, 2.45) is 0 Å². The fourth-order valence-electron chi connectivity index (χ4n) is 1.67. The third kappa shape index (κ3) is 2.61. The molecule has 1 heterocycles. The molecule has 18 heavy (non-hydrogen) atoms. The van der Waals surface area contributed by atoms with Gasteiger partial charge in [-0.3, -0.25) is 4.98 Å². The van der Waals surface area contributed by atoms with Gasteiger partial charge in [0.25, 0.3) is 0 Å². The maximum absolute atomic E-state index is 9.40. The van der Waals surface area contributed by atoms with Gasteiger partial charge in [-0.25, -0.2) is 0 Å². The number of nitrogens with one attached hydrogen (secondary N) is 1. The number of rotatable bonds is 3. The molecule has 90 valence electrons. The van der Waals surface area contributed by atoms with Gasteiger partial charge in [-0.1, -0.05) is 11.6 Å². The maximum Gasteiger partial charge on any atom is 0.148 e. The van der Waals surface area contributed by atoms with Crippen LogP contribution in [0.15, 0.2) is 48.8 Å². The van der Waals surface area contributed by atoms with E-state index in [-0.39, 0.29) is 0 Å². The average Bonchev–Trinajstić information content (AvgIpc) is 2.42. The number of nitrogens with zero attached hydrogens (tertiary/aromatic N) is 2. The molecule has 1 atom stereocenters. The highest BCUT2D eigenvalue weighted by Crippen LogP contribution is 2.25. The van der Waals surface area contributed by atoms with E-state index in [1.54, 1.807) is 24.5 Å².